The van der Waals surface area contributed by atoms with Gasteiger partial charge in [0.15, 0.2) is 0 Å². The number of carbonyl (C=O) groups excluding carboxylic acids is 1. The van der Waals surface area contributed by atoms with Crippen LogP contribution in [-0.4, -0.2) is 35.1 Å². The lowest BCUT2D eigenvalue weighted by atomic mass is 9.96. The number of nitrogens with one attached hydrogen (secondary N) is 1. The van der Waals surface area contributed by atoms with Gasteiger partial charge >= 0.3 is 0 Å². The smallest absolute Gasteiger partial charge is 0.223 e. The molecule has 5 nitrogen and oxygen atoms in total. The van der Waals surface area contributed by atoms with Gasteiger partial charge in [-0.3, -0.25) is 4.79 Å². The zero-order chi connectivity index (χ0) is 16.2. The average molecular weight is 310 g/mol. The summed E-state index contributed by atoms with van der Waals surface area (Å²) in [6.45, 7) is 5.02. The van der Waals surface area contributed by atoms with Crippen molar-refractivity contribution in [3.8, 4) is 12.3 Å². The Hall–Kier alpha value is -2.48. The number of para-hydroxylation sites is 2. The molecule has 1 saturated heterocycles. The molecule has 1 aromatic carbocycles. The Bertz CT molecular complexity index is 735. The minimum absolute atomic E-state index is 0.0547. The van der Waals surface area contributed by atoms with Crippen LogP contribution in [0.15, 0.2) is 24.3 Å². The fourth-order valence-electron chi connectivity index (χ4n) is 3.24. The molecule has 1 aliphatic heterocycles. The number of hydrogen-bond donors (Lipinski definition) is 1. The molecular formula is C18H22N4O. The molecule has 5 heteroatoms. The normalized spacial score (nSPS) is 15.6. The molecule has 3 rings (SSSR count). The highest BCUT2D eigenvalue weighted by atomic mass is 16.1. The summed E-state index contributed by atoms with van der Waals surface area (Å²) in [4.78, 5) is 19.1. The Morgan fingerprint density at radius 3 is 2.83 bits per heavy atom. The Morgan fingerprint density at radius 1 is 1.39 bits per heavy atom. The van der Waals surface area contributed by atoms with E-state index in [2.05, 4.69) is 33.7 Å². The summed E-state index contributed by atoms with van der Waals surface area (Å²) >= 11 is 0. The molecule has 1 aromatic heterocycles. The molecule has 120 valence electrons. The van der Waals surface area contributed by atoms with Gasteiger partial charge in [-0.15, -0.1) is 6.42 Å². The van der Waals surface area contributed by atoms with E-state index in [0.717, 1.165) is 43.9 Å². The summed E-state index contributed by atoms with van der Waals surface area (Å²) in [5, 5.41) is 2.79. The molecule has 1 fully saturated rings. The second kappa shape index (κ2) is 6.74. The third-order valence-corrected chi connectivity index (χ3v) is 4.46. The van der Waals surface area contributed by atoms with E-state index in [-0.39, 0.29) is 11.8 Å². The Morgan fingerprint density at radius 2 is 2.13 bits per heavy atom. The van der Waals surface area contributed by atoms with Crippen LogP contribution in [0.5, 0.6) is 0 Å². The minimum atomic E-state index is 0.0547. The van der Waals surface area contributed by atoms with Crippen LogP contribution < -0.4 is 10.2 Å². The van der Waals surface area contributed by atoms with Gasteiger partial charge in [0.05, 0.1) is 17.6 Å². The zero-order valence-electron chi connectivity index (χ0n) is 13.5. The molecule has 0 spiro atoms. The fraction of sp³-hybridized carbons (Fsp3) is 0.444. The first-order chi connectivity index (χ1) is 11.2. The van der Waals surface area contributed by atoms with Gasteiger partial charge in [0.1, 0.15) is 0 Å². The molecule has 2 aromatic rings. The van der Waals surface area contributed by atoms with E-state index < -0.39 is 0 Å². The van der Waals surface area contributed by atoms with Gasteiger partial charge < -0.3 is 14.8 Å². The molecule has 0 atom stereocenters. The number of piperidine rings is 1. The summed E-state index contributed by atoms with van der Waals surface area (Å²) in [5.41, 5.74) is 2.19. The van der Waals surface area contributed by atoms with E-state index in [9.17, 15) is 4.79 Å². The number of carbonyl (C=O) groups is 1. The van der Waals surface area contributed by atoms with E-state index in [4.69, 9.17) is 11.4 Å². The summed E-state index contributed by atoms with van der Waals surface area (Å²) in [6.07, 6.45) is 6.86. The van der Waals surface area contributed by atoms with Gasteiger partial charge in [0.2, 0.25) is 11.9 Å². The maximum atomic E-state index is 12.0. The number of hydrogen-bond acceptors (Lipinski definition) is 3. The average Bonchev–Trinajstić information content (AvgIpc) is 2.98. The molecule has 0 saturated carbocycles. The number of rotatable bonds is 4. The SMILES string of the molecule is C#CCNC(=O)C1CCN(c2nc3ccccc3n2CC)CC1. The van der Waals surface area contributed by atoms with Crippen molar-refractivity contribution in [2.75, 3.05) is 24.5 Å². The van der Waals surface area contributed by atoms with Crippen molar-refractivity contribution in [1.29, 1.82) is 0 Å². The highest BCUT2D eigenvalue weighted by Crippen LogP contribution is 2.26. The summed E-state index contributed by atoms with van der Waals surface area (Å²) < 4.78 is 2.24. The van der Waals surface area contributed by atoms with Gasteiger partial charge in [0, 0.05) is 25.6 Å². The molecule has 23 heavy (non-hydrogen) atoms. The highest BCUT2D eigenvalue weighted by molar-refractivity contribution is 5.80. The Labute approximate surface area is 136 Å². The first-order valence-corrected chi connectivity index (χ1v) is 8.16. The van der Waals surface area contributed by atoms with Gasteiger partial charge in [-0.1, -0.05) is 18.1 Å². The largest absolute Gasteiger partial charge is 0.345 e. The number of nitrogens with zero attached hydrogens (tertiary/aromatic N) is 3. The molecule has 0 aliphatic carbocycles. The molecule has 1 amide bonds. The first-order valence-electron chi connectivity index (χ1n) is 8.16. The monoisotopic (exact) mass is 310 g/mol. The Kier molecular flexibility index (Phi) is 4.52. The van der Waals surface area contributed by atoms with Gasteiger partial charge in [-0.25, -0.2) is 4.98 Å². The number of terminal acetylenes is 1. The van der Waals surface area contributed by atoms with Crippen LogP contribution >= 0.6 is 0 Å². The number of aryl methyl sites for hydroxylation is 1. The van der Waals surface area contributed by atoms with Crippen LogP contribution in [0.25, 0.3) is 11.0 Å². The number of amides is 1. The van der Waals surface area contributed by atoms with E-state index in [1.807, 2.05) is 18.2 Å². The lowest BCUT2D eigenvalue weighted by Gasteiger charge is -2.32. The topological polar surface area (TPSA) is 50.2 Å². The molecule has 0 radical (unpaired) electrons. The molecule has 0 unspecified atom stereocenters. The van der Waals surface area contributed by atoms with Crippen molar-refractivity contribution >= 4 is 22.9 Å². The molecule has 2 heterocycles. The van der Waals surface area contributed by atoms with Crippen molar-refractivity contribution in [3.05, 3.63) is 24.3 Å². The molecule has 0 bridgehead atoms. The standard InChI is InChI=1S/C18H22N4O/c1-3-11-19-17(23)14-9-12-21(13-10-14)18-20-15-7-5-6-8-16(15)22(18)4-2/h1,5-8,14H,4,9-13H2,2H3,(H,19,23). The van der Waals surface area contributed by atoms with Crippen LogP contribution in [0.4, 0.5) is 5.95 Å². The lowest BCUT2D eigenvalue weighted by Crippen LogP contribution is -2.41. The molecular weight excluding hydrogens is 288 g/mol. The van der Waals surface area contributed by atoms with Crippen LogP contribution in [0, 0.1) is 18.3 Å². The van der Waals surface area contributed by atoms with Gasteiger partial charge in [-0.2, -0.15) is 0 Å². The van der Waals surface area contributed by atoms with Gasteiger partial charge in [-0.05, 0) is 31.9 Å². The fourth-order valence-corrected chi connectivity index (χ4v) is 3.24. The number of anilines is 1. The quantitative estimate of drug-likeness (QED) is 0.879. The summed E-state index contributed by atoms with van der Waals surface area (Å²) in [7, 11) is 0. The maximum Gasteiger partial charge on any atom is 0.223 e. The van der Waals surface area contributed by atoms with Crippen molar-refractivity contribution in [2.45, 2.75) is 26.3 Å². The lowest BCUT2D eigenvalue weighted by molar-refractivity contribution is -0.125. The summed E-state index contributed by atoms with van der Waals surface area (Å²) in [5.74, 6) is 3.59. The Balaban J connectivity index is 1.73. The van der Waals surface area contributed by atoms with Gasteiger partial charge in [0.25, 0.3) is 0 Å². The van der Waals surface area contributed by atoms with Crippen molar-refractivity contribution in [3.63, 3.8) is 0 Å². The summed E-state index contributed by atoms with van der Waals surface area (Å²) in [6, 6.07) is 8.21. The van der Waals surface area contributed by atoms with Crippen LogP contribution in [0.2, 0.25) is 0 Å². The van der Waals surface area contributed by atoms with Crippen molar-refractivity contribution < 1.29 is 4.79 Å². The van der Waals surface area contributed by atoms with Crippen molar-refractivity contribution in [1.82, 2.24) is 14.9 Å². The predicted octanol–water partition coefficient (Wildman–Crippen LogP) is 2.02. The van der Waals surface area contributed by atoms with Crippen LogP contribution in [0.1, 0.15) is 19.8 Å². The number of fused-ring (bicyclic) bond motifs is 1. The zero-order valence-corrected chi connectivity index (χ0v) is 13.5. The van der Waals surface area contributed by atoms with E-state index in [1.54, 1.807) is 0 Å². The number of benzene rings is 1. The van der Waals surface area contributed by atoms with E-state index in [1.165, 1.54) is 5.52 Å². The molecule has 1 N–H and O–H groups in total. The van der Waals surface area contributed by atoms with Crippen LogP contribution in [0.3, 0.4) is 0 Å². The predicted molar refractivity (Wildman–Crippen MR) is 92.2 cm³/mol. The third kappa shape index (κ3) is 3.02. The first kappa shape index (κ1) is 15.4. The second-order valence-electron chi connectivity index (χ2n) is 5.83. The highest BCUT2D eigenvalue weighted by Gasteiger charge is 2.27. The van der Waals surface area contributed by atoms with E-state index >= 15 is 0 Å². The maximum absolute atomic E-state index is 12.0. The number of aromatic nitrogens is 2. The minimum Gasteiger partial charge on any atom is -0.345 e. The van der Waals surface area contributed by atoms with E-state index in [0.29, 0.717) is 6.54 Å². The second-order valence-corrected chi connectivity index (χ2v) is 5.83. The number of imidazole rings is 1. The van der Waals surface area contributed by atoms with Crippen molar-refractivity contribution in [2.24, 2.45) is 5.92 Å². The van der Waals surface area contributed by atoms with Crippen LogP contribution in [-0.2, 0) is 11.3 Å². The molecule has 1 aliphatic rings. The third-order valence-electron chi connectivity index (χ3n) is 4.46.